The molecule has 31 heavy (non-hydrogen) atoms. The van der Waals surface area contributed by atoms with Crippen molar-refractivity contribution in [3.05, 3.63) is 12.2 Å². The summed E-state index contributed by atoms with van der Waals surface area (Å²) >= 11 is 0. The molecule has 3 amide bonds. The molecule has 4 aliphatic rings. The third kappa shape index (κ3) is 4.20. The summed E-state index contributed by atoms with van der Waals surface area (Å²) in [6.45, 7) is 3.43. The molecule has 0 bridgehead atoms. The van der Waals surface area contributed by atoms with Gasteiger partial charge in [0.05, 0.1) is 6.54 Å². The fourth-order valence-corrected chi connectivity index (χ4v) is 6.44. The molecule has 172 valence electrons. The Morgan fingerprint density at radius 1 is 1.13 bits per heavy atom. The van der Waals surface area contributed by atoms with E-state index in [1.54, 1.807) is 11.9 Å². The van der Waals surface area contributed by atoms with Crippen LogP contribution in [0, 0.1) is 17.3 Å². The van der Waals surface area contributed by atoms with Gasteiger partial charge < -0.3 is 10.2 Å². The molecule has 0 aromatic carbocycles. The Morgan fingerprint density at radius 3 is 2.52 bits per heavy atom. The molecule has 1 N–H and O–H groups in total. The first-order valence-electron chi connectivity index (χ1n) is 12.4. The standard InChI is InChI=1S/C25H39N3O3/c1-24(20-11-7-6-8-12-20)22(30)28(23(31)27(24)2)17-21(29)19-15-25(18-26-16-19)13-9-4-3-5-10-14-25/h7,11,19-20,26H,3-6,8-10,12-18H2,1-2H3. The lowest BCUT2D eigenvalue weighted by Crippen LogP contribution is -2.52. The molecule has 3 fully saturated rings. The predicted molar refractivity (Wildman–Crippen MR) is 120 cm³/mol. The number of Topliss-reactive ketones (excluding diaryl/α,β-unsaturated/α-hetero) is 1. The molecule has 3 atom stereocenters. The number of allylic oxidation sites excluding steroid dienone is 1. The molecule has 2 saturated heterocycles. The van der Waals surface area contributed by atoms with E-state index in [1.807, 2.05) is 6.92 Å². The third-order valence-electron chi connectivity index (χ3n) is 8.62. The lowest BCUT2D eigenvalue weighted by atomic mass is 9.68. The summed E-state index contributed by atoms with van der Waals surface area (Å²) in [5.74, 6) is -0.278. The van der Waals surface area contributed by atoms with Gasteiger partial charge in [0.15, 0.2) is 5.78 Å². The van der Waals surface area contributed by atoms with Crippen molar-refractivity contribution in [1.82, 2.24) is 15.1 Å². The third-order valence-corrected chi connectivity index (χ3v) is 8.62. The van der Waals surface area contributed by atoms with Gasteiger partial charge in [-0.3, -0.25) is 14.5 Å². The predicted octanol–water partition coefficient (Wildman–Crippen LogP) is 3.90. The molecule has 1 spiro atoms. The van der Waals surface area contributed by atoms with Gasteiger partial charge in [-0.25, -0.2) is 4.79 Å². The molecular formula is C25H39N3O3. The second-order valence-electron chi connectivity index (χ2n) is 10.6. The van der Waals surface area contributed by atoms with Crippen LogP contribution in [0.3, 0.4) is 0 Å². The Morgan fingerprint density at radius 2 is 1.84 bits per heavy atom. The number of hydrogen-bond acceptors (Lipinski definition) is 4. The summed E-state index contributed by atoms with van der Waals surface area (Å²) < 4.78 is 0. The maximum absolute atomic E-state index is 13.4. The molecule has 0 aromatic rings. The van der Waals surface area contributed by atoms with Gasteiger partial charge in [0.1, 0.15) is 5.54 Å². The number of amides is 3. The number of piperidine rings is 1. The maximum Gasteiger partial charge on any atom is 0.327 e. The Hall–Kier alpha value is -1.69. The van der Waals surface area contributed by atoms with Crippen molar-refractivity contribution >= 4 is 17.7 Å². The zero-order chi connectivity index (χ0) is 22.1. The van der Waals surface area contributed by atoms with Crippen LogP contribution in [0.2, 0.25) is 0 Å². The van der Waals surface area contributed by atoms with Crippen molar-refractivity contribution in [3.63, 3.8) is 0 Å². The zero-order valence-electron chi connectivity index (χ0n) is 19.3. The van der Waals surface area contributed by atoms with Gasteiger partial charge in [0.2, 0.25) is 0 Å². The van der Waals surface area contributed by atoms with E-state index in [2.05, 4.69) is 17.5 Å². The van der Waals surface area contributed by atoms with E-state index in [0.717, 1.165) is 32.2 Å². The van der Waals surface area contributed by atoms with Gasteiger partial charge in [-0.15, -0.1) is 0 Å². The molecule has 2 aliphatic heterocycles. The van der Waals surface area contributed by atoms with Gasteiger partial charge in [-0.1, -0.05) is 44.3 Å². The highest BCUT2D eigenvalue weighted by Crippen LogP contribution is 2.42. The summed E-state index contributed by atoms with van der Waals surface area (Å²) in [5.41, 5.74) is -0.684. The Bertz CT molecular complexity index is 740. The minimum atomic E-state index is -0.889. The molecule has 6 nitrogen and oxygen atoms in total. The fraction of sp³-hybridized carbons (Fsp3) is 0.800. The molecule has 6 heteroatoms. The molecule has 4 rings (SSSR count). The van der Waals surface area contributed by atoms with Crippen LogP contribution in [-0.4, -0.2) is 59.7 Å². The van der Waals surface area contributed by atoms with Crippen molar-refractivity contribution in [1.29, 1.82) is 0 Å². The molecule has 0 radical (unpaired) electrons. The summed E-state index contributed by atoms with van der Waals surface area (Å²) in [7, 11) is 1.71. The van der Waals surface area contributed by atoms with Crippen LogP contribution < -0.4 is 5.32 Å². The van der Waals surface area contributed by atoms with Crippen molar-refractivity contribution in [2.24, 2.45) is 17.3 Å². The van der Waals surface area contributed by atoms with E-state index < -0.39 is 5.54 Å². The summed E-state index contributed by atoms with van der Waals surface area (Å²) in [6.07, 6.45) is 16.8. The number of nitrogens with one attached hydrogen (secondary N) is 1. The van der Waals surface area contributed by atoms with Crippen molar-refractivity contribution in [3.8, 4) is 0 Å². The zero-order valence-corrected chi connectivity index (χ0v) is 19.3. The highest BCUT2D eigenvalue weighted by Gasteiger charge is 2.56. The number of rotatable bonds is 4. The smallest absolute Gasteiger partial charge is 0.315 e. The monoisotopic (exact) mass is 429 g/mol. The number of urea groups is 1. The number of hydrogen-bond donors (Lipinski definition) is 1. The molecule has 2 heterocycles. The van der Waals surface area contributed by atoms with E-state index in [1.165, 1.54) is 49.8 Å². The number of nitrogens with zero attached hydrogens (tertiary/aromatic N) is 2. The van der Waals surface area contributed by atoms with Gasteiger partial charge in [0, 0.05) is 32.0 Å². The van der Waals surface area contributed by atoms with Gasteiger partial charge in [-0.05, 0) is 50.9 Å². The molecule has 0 aromatic heterocycles. The van der Waals surface area contributed by atoms with E-state index in [-0.39, 0.29) is 41.5 Å². The average molecular weight is 430 g/mol. The second kappa shape index (κ2) is 9.05. The van der Waals surface area contributed by atoms with Crippen LogP contribution in [0.4, 0.5) is 4.79 Å². The normalized spacial score (nSPS) is 34.1. The van der Waals surface area contributed by atoms with Gasteiger partial charge in [-0.2, -0.15) is 0 Å². The largest absolute Gasteiger partial charge is 0.327 e. The average Bonchev–Trinajstić information content (AvgIpc) is 2.93. The lowest BCUT2D eigenvalue weighted by molar-refractivity contribution is -0.138. The van der Waals surface area contributed by atoms with Crippen LogP contribution in [0.15, 0.2) is 12.2 Å². The first-order valence-corrected chi connectivity index (χ1v) is 12.4. The van der Waals surface area contributed by atoms with Crippen molar-refractivity contribution < 1.29 is 14.4 Å². The Balaban J connectivity index is 1.45. The lowest BCUT2D eigenvalue weighted by Gasteiger charge is -2.42. The van der Waals surface area contributed by atoms with E-state index in [9.17, 15) is 14.4 Å². The number of ketones is 1. The summed E-state index contributed by atoms with van der Waals surface area (Å²) in [6, 6.07) is -0.329. The van der Waals surface area contributed by atoms with Gasteiger partial charge in [0.25, 0.3) is 5.91 Å². The molecule has 2 aliphatic carbocycles. The number of imide groups is 1. The SMILES string of the molecule is CN1C(=O)N(CC(=O)C2CNCC3(CCCCCCC3)C2)C(=O)C1(C)C1C=CCCC1. The van der Waals surface area contributed by atoms with Gasteiger partial charge >= 0.3 is 6.03 Å². The minimum Gasteiger partial charge on any atom is -0.315 e. The van der Waals surface area contributed by atoms with Crippen LogP contribution in [-0.2, 0) is 9.59 Å². The van der Waals surface area contributed by atoms with E-state index in [0.29, 0.717) is 6.54 Å². The second-order valence-corrected chi connectivity index (χ2v) is 10.6. The quantitative estimate of drug-likeness (QED) is 0.543. The number of carbonyl (C=O) groups excluding carboxylic acids is 3. The van der Waals surface area contributed by atoms with Crippen LogP contribution in [0.5, 0.6) is 0 Å². The highest BCUT2D eigenvalue weighted by atomic mass is 16.2. The first kappa shape index (κ1) is 22.5. The maximum atomic E-state index is 13.4. The topological polar surface area (TPSA) is 69.7 Å². The summed E-state index contributed by atoms with van der Waals surface area (Å²) in [5, 5.41) is 3.52. The summed E-state index contributed by atoms with van der Waals surface area (Å²) in [4.78, 5) is 42.5. The van der Waals surface area contributed by atoms with Crippen molar-refractivity contribution in [2.75, 3.05) is 26.7 Å². The highest BCUT2D eigenvalue weighted by molar-refractivity contribution is 6.09. The van der Waals surface area contributed by atoms with Crippen LogP contribution in [0.25, 0.3) is 0 Å². The van der Waals surface area contributed by atoms with Crippen molar-refractivity contribution in [2.45, 2.75) is 83.1 Å². The fourth-order valence-electron chi connectivity index (χ4n) is 6.44. The Kier molecular flexibility index (Phi) is 6.57. The van der Waals surface area contributed by atoms with E-state index >= 15 is 0 Å². The molecule has 3 unspecified atom stereocenters. The molecular weight excluding hydrogens is 390 g/mol. The van der Waals surface area contributed by atoms with Crippen LogP contribution in [0.1, 0.15) is 77.6 Å². The first-order chi connectivity index (χ1) is 14.9. The minimum absolute atomic E-state index is 0.0114. The van der Waals surface area contributed by atoms with E-state index in [4.69, 9.17) is 0 Å². The molecule has 1 saturated carbocycles. The van der Waals surface area contributed by atoms with Crippen LogP contribution >= 0.6 is 0 Å². The number of carbonyl (C=O) groups is 3. The Labute approximate surface area is 186 Å². The number of likely N-dealkylation sites (N-methyl/N-ethyl adjacent to an activating group) is 1.